The Labute approximate surface area is 129 Å². The number of hydrogen-bond acceptors (Lipinski definition) is 5. The lowest BCUT2D eigenvalue weighted by Gasteiger charge is -2.22. The molecule has 1 aromatic rings. The lowest BCUT2D eigenvalue weighted by Crippen LogP contribution is -2.45. The number of nitrogens with zero attached hydrogens (tertiary/aromatic N) is 1. The van der Waals surface area contributed by atoms with Crippen LogP contribution >= 0.6 is 0 Å². The molecule has 6 nitrogen and oxygen atoms in total. The molecule has 0 radical (unpaired) electrons. The van der Waals surface area contributed by atoms with Crippen molar-refractivity contribution in [2.24, 2.45) is 0 Å². The van der Waals surface area contributed by atoms with Gasteiger partial charge in [0.2, 0.25) is 5.91 Å². The van der Waals surface area contributed by atoms with Crippen molar-refractivity contribution >= 4 is 18.2 Å². The predicted molar refractivity (Wildman–Crippen MR) is 79.9 cm³/mol. The maximum Gasteiger partial charge on any atom is 0.320 e. The molecule has 1 amide bonds. The van der Waals surface area contributed by atoms with E-state index in [-0.39, 0.29) is 37.6 Å². The second kappa shape index (κ2) is 8.29. The molecule has 0 spiro atoms. The number of carbonyl (C=O) groups is 3. The highest BCUT2D eigenvalue weighted by atomic mass is 16.5. The van der Waals surface area contributed by atoms with Crippen molar-refractivity contribution in [3.8, 4) is 0 Å². The van der Waals surface area contributed by atoms with Gasteiger partial charge in [0.15, 0.2) is 0 Å². The van der Waals surface area contributed by atoms with Crippen LogP contribution in [-0.4, -0.2) is 48.7 Å². The van der Waals surface area contributed by atoms with Crippen molar-refractivity contribution in [1.82, 2.24) is 10.2 Å². The van der Waals surface area contributed by atoms with E-state index in [0.29, 0.717) is 19.3 Å². The summed E-state index contributed by atoms with van der Waals surface area (Å²) in [4.78, 5) is 35.9. The Morgan fingerprint density at radius 3 is 2.82 bits per heavy atom. The number of nitrogens with one attached hydrogen (secondary N) is 1. The molecular weight excluding hydrogens is 284 g/mol. The summed E-state index contributed by atoms with van der Waals surface area (Å²) in [7, 11) is 0. The molecule has 0 unspecified atom stereocenters. The standard InChI is InChI=1S/C16H20N2O4/c19-10-8-17-16(21)14-7-4-9-18(14)11-15(20)22-12-13-5-2-1-3-6-13/h1-3,5-6,10,14H,4,7-9,11-12H2,(H,17,21)/t14-/m0/s1. The number of likely N-dealkylation sites (tertiary alicyclic amines) is 1. The van der Waals surface area contributed by atoms with E-state index in [4.69, 9.17) is 4.74 Å². The molecule has 1 fully saturated rings. The Bertz CT molecular complexity index is 518. The highest BCUT2D eigenvalue weighted by Gasteiger charge is 2.31. The highest BCUT2D eigenvalue weighted by molar-refractivity contribution is 5.84. The summed E-state index contributed by atoms with van der Waals surface area (Å²) >= 11 is 0. The number of benzene rings is 1. The Hall–Kier alpha value is -2.21. The fraction of sp³-hybridized carbons (Fsp3) is 0.438. The van der Waals surface area contributed by atoms with Crippen LogP contribution in [0.25, 0.3) is 0 Å². The normalized spacial score (nSPS) is 17.9. The summed E-state index contributed by atoms with van der Waals surface area (Å²) in [6, 6.07) is 9.09. The van der Waals surface area contributed by atoms with Crippen LogP contribution in [0.3, 0.4) is 0 Å². The second-order valence-electron chi connectivity index (χ2n) is 5.19. The largest absolute Gasteiger partial charge is 0.460 e. The van der Waals surface area contributed by atoms with Gasteiger partial charge in [-0.2, -0.15) is 0 Å². The smallest absolute Gasteiger partial charge is 0.320 e. The van der Waals surface area contributed by atoms with Crippen LogP contribution in [0, 0.1) is 0 Å². The van der Waals surface area contributed by atoms with E-state index in [9.17, 15) is 14.4 Å². The molecule has 0 bridgehead atoms. The zero-order valence-electron chi connectivity index (χ0n) is 12.4. The Balaban J connectivity index is 1.79. The van der Waals surface area contributed by atoms with Crippen LogP contribution in [-0.2, 0) is 25.7 Å². The molecule has 118 valence electrons. The van der Waals surface area contributed by atoms with Gasteiger partial charge in [-0.1, -0.05) is 30.3 Å². The number of amides is 1. The van der Waals surface area contributed by atoms with Gasteiger partial charge in [0.25, 0.3) is 0 Å². The first-order valence-electron chi connectivity index (χ1n) is 7.35. The number of carbonyl (C=O) groups excluding carboxylic acids is 3. The van der Waals surface area contributed by atoms with E-state index < -0.39 is 0 Å². The van der Waals surface area contributed by atoms with Gasteiger partial charge in [-0.3, -0.25) is 14.5 Å². The summed E-state index contributed by atoms with van der Waals surface area (Å²) < 4.78 is 5.23. The molecule has 1 aliphatic heterocycles. The van der Waals surface area contributed by atoms with Gasteiger partial charge in [-0.15, -0.1) is 0 Å². The van der Waals surface area contributed by atoms with Gasteiger partial charge in [-0.05, 0) is 24.9 Å². The maximum absolute atomic E-state index is 11.9. The van der Waals surface area contributed by atoms with Crippen LogP contribution in [0.1, 0.15) is 18.4 Å². The average Bonchev–Trinajstić information content (AvgIpc) is 3.00. The van der Waals surface area contributed by atoms with Gasteiger partial charge in [0.1, 0.15) is 12.9 Å². The lowest BCUT2D eigenvalue weighted by atomic mass is 10.2. The molecule has 0 aliphatic carbocycles. The van der Waals surface area contributed by atoms with Crippen LogP contribution in [0.4, 0.5) is 0 Å². The summed E-state index contributed by atoms with van der Waals surface area (Å²) in [6.45, 7) is 1.00. The summed E-state index contributed by atoms with van der Waals surface area (Å²) in [5, 5.41) is 2.53. The topological polar surface area (TPSA) is 75.7 Å². The molecule has 1 aromatic carbocycles. The molecule has 0 aromatic heterocycles. The van der Waals surface area contributed by atoms with E-state index in [1.165, 1.54) is 0 Å². The Morgan fingerprint density at radius 2 is 2.09 bits per heavy atom. The SMILES string of the molecule is O=CCNC(=O)[C@@H]1CCCN1CC(=O)OCc1ccccc1. The first kappa shape index (κ1) is 16.2. The van der Waals surface area contributed by atoms with Gasteiger partial charge in [0, 0.05) is 0 Å². The molecule has 1 saturated heterocycles. The molecule has 22 heavy (non-hydrogen) atoms. The van der Waals surface area contributed by atoms with Crippen LogP contribution in [0.15, 0.2) is 30.3 Å². The van der Waals surface area contributed by atoms with Gasteiger partial charge >= 0.3 is 5.97 Å². The molecular formula is C16H20N2O4. The Morgan fingerprint density at radius 1 is 1.32 bits per heavy atom. The van der Waals surface area contributed by atoms with E-state index in [1.807, 2.05) is 30.3 Å². The molecule has 6 heteroatoms. The molecule has 2 rings (SSSR count). The zero-order valence-corrected chi connectivity index (χ0v) is 12.4. The summed E-state index contributed by atoms with van der Waals surface area (Å²) in [5.74, 6) is -0.556. The second-order valence-corrected chi connectivity index (χ2v) is 5.19. The van der Waals surface area contributed by atoms with Crippen molar-refractivity contribution in [3.63, 3.8) is 0 Å². The van der Waals surface area contributed by atoms with E-state index in [2.05, 4.69) is 5.32 Å². The minimum absolute atomic E-state index is 0.00161. The number of esters is 1. The number of hydrogen-bond donors (Lipinski definition) is 1. The lowest BCUT2D eigenvalue weighted by molar-refractivity contribution is -0.147. The maximum atomic E-state index is 11.9. The Kier molecular flexibility index (Phi) is 6.09. The molecule has 1 N–H and O–H groups in total. The number of ether oxygens (including phenoxy) is 1. The van der Waals surface area contributed by atoms with Crippen LogP contribution in [0.2, 0.25) is 0 Å². The first-order chi connectivity index (χ1) is 10.7. The van der Waals surface area contributed by atoms with E-state index in [1.54, 1.807) is 4.90 Å². The molecule has 0 saturated carbocycles. The minimum Gasteiger partial charge on any atom is -0.460 e. The monoisotopic (exact) mass is 304 g/mol. The zero-order chi connectivity index (χ0) is 15.8. The van der Waals surface area contributed by atoms with Crippen molar-refractivity contribution in [2.45, 2.75) is 25.5 Å². The third-order valence-electron chi connectivity index (χ3n) is 3.60. The number of rotatable bonds is 7. The van der Waals surface area contributed by atoms with Crippen molar-refractivity contribution in [2.75, 3.05) is 19.6 Å². The van der Waals surface area contributed by atoms with Crippen LogP contribution < -0.4 is 5.32 Å². The third-order valence-corrected chi connectivity index (χ3v) is 3.60. The van der Waals surface area contributed by atoms with Gasteiger partial charge < -0.3 is 14.8 Å². The van der Waals surface area contributed by atoms with Crippen molar-refractivity contribution in [1.29, 1.82) is 0 Å². The van der Waals surface area contributed by atoms with Crippen molar-refractivity contribution in [3.05, 3.63) is 35.9 Å². The predicted octanol–water partition coefficient (Wildman–Crippen LogP) is 0.509. The minimum atomic E-state index is -0.357. The molecule has 1 aliphatic rings. The summed E-state index contributed by atoms with van der Waals surface area (Å²) in [5.41, 5.74) is 0.928. The number of aldehydes is 1. The van der Waals surface area contributed by atoms with Crippen molar-refractivity contribution < 1.29 is 19.1 Å². The third kappa shape index (κ3) is 4.66. The van der Waals surface area contributed by atoms with Gasteiger partial charge in [-0.25, -0.2) is 0 Å². The molecule has 1 heterocycles. The van der Waals surface area contributed by atoms with Gasteiger partial charge in [0.05, 0.1) is 19.1 Å². The molecule has 1 atom stereocenters. The fourth-order valence-corrected chi connectivity index (χ4v) is 2.52. The fourth-order valence-electron chi connectivity index (χ4n) is 2.52. The highest BCUT2D eigenvalue weighted by Crippen LogP contribution is 2.17. The van der Waals surface area contributed by atoms with E-state index >= 15 is 0 Å². The van der Waals surface area contributed by atoms with Crippen LogP contribution in [0.5, 0.6) is 0 Å². The summed E-state index contributed by atoms with van der Waals surface area (Å²) in [6.07, 6.45) is 2.19. The first-order valence-corrected chi connectivity index (χ1v) is 7.35. The van der Waals surface area contributed by atoms with E-state index in [0.717, 1.165) is 12.0 Å². The quantitative estimate of drug-likeness (QED) is 0.587. The average molecular weight is 304 g/mol.